The van der Waals surface area contributed by atoms with Gasteiger partial charge in [0.2, 0.25) is 6.23 Å². The van der Waals surface area contributed by atoms with E-state index in [9.17, 15) is 29.1 Å². The Balaban J connectivity index is 1.65. The summed E-state index contributed by atoms with van der Waals surface area (Å²) < 4.78 is 10.6. The molecule has 0 bridgehead atoms. The molecule has 2 aliphatic heterocycles. The summed E-state index contributed by atoms with van der Waals surface area (Å²) in [5.41, 5.74) is -0.890. The number of aliphatic hydroxyl groups excluding tert-OH is 1. The predicted molar refractivity (Wildman–Crippen MR) is 129 cm³/mol. The number of esters is 1. The Hall–Kier alpha value is -2.57. The zero-order valence-electron chi connectivity index (χ0n) is 19.6. The van der Waals surface area contributed by atoms with Crippen molar-refractivity contribution in [3.63, 3.8) is 0 Å². The van der Waals surface area contributed by atoms with Crippen LogP contribution in [0.25, 0.3) is 0 Å². The number of thioether (sulfide) groups is 2. The standard InChI is InChI=1S/C23H28N2O8S2/c1-23(2,3)33-22(31)20(30)25-19(29)18(24-16(27)11-32-13-7-5-4-6-8-13)21(25)34-12-14(26)15-9-10-17(28)35-15/h4-8,15,18,20-21,30H,9-12H2,1-3H3,(H,24,27)/t15?,18-,20?,21-/m1/s1. The maximum atomic E-state index is 12.8. The highest BCUT2D eigenvalue weighted by atomic mass is 32.2. The number of aliphatic hydroxyl groups is 1. The molecule has 35 heavy (non-hydrogen) atoms. The summed E-state index contributed by atoms with van der Waals surface area (Å²) >= 11 is 2.00. The van der Waals surface area contributed by atoms with E-state index in [-0.39, 0.29) is 23.3 Å². The minimum absolute atomic E-state index is 0.0438. The number of nitrogens with one attached hydrogen (secondary N) is 1. The molecule has 2 heterocycles. The summed E-state index contributed by atoms with van der Waals surface area (Å²) in [5, 5.41) is 11.7. The zero-order valence-corrected chi connectivity index (χ0v) is 21.2. The lowest BCUT2D eigenvalue weighted by molar-refractivity contribution is -0.189. The molecule has 2 unspecified atom stereocenters. The van der Waals surface area contributed by atoms with E-state index in [0.717, 1.165) is 28.4 Å². The van der Waals surface area contributed by atoms with Crippen molar-refractivity contribution in [2.45, 2.75) is 62.1 Å². The smallest absolute Gasteiger partial charge is 0.357 e. The summed E-state index contributed by atoms with van der Waals surface area (Å²) in [4.78, 5) is 62.5. The number of Topliss-reactive ketones (excluding diaryl/α,β-unsaturated/α-hetero) is 1. The van der Waals surface area contributed by atoms with Gasteiger partial charge in [-0.3, -0.25) is 24.1 Å². The van der Waals surface area contributed by atoms with Gasteiger partial charge in [-0.25, -0.2) is 4.79 Å². The lowest BCUT2D eigenvalue weighted by atomic mass is 10.1. The molecule has 2 aliphatic rings. The third kappa shape index (κ3) is 7.21. The lowest BCUT2D eigenvalue weighted by Gasteiger charge is -2.48. The molecular formula is C23H28N2O8S2. The van der Waals surface area contributed by atoms with E-state index in [1.807, 2.05) is 0 Å². The van der Waals surface area contributed by atoms with E-state index < -0.39 is 46.3 Å². The summed E-state index contributed by atoms with van der Waals surface area (Å²) in [7, 11) is 0. The molecule has 0 aliphatic carbocycles. The predicted octanol–water partition coefficient (Wildman–Crippen LogP) is 1.10. The van der Waals surface area contributed by atoms with Gasteiger partial charge in [0, 0.05) is 6.42 Å². The van der Waals surface area contributed by atoms with Crippen LogP contribution in [0.15, 0.2) is 30.3 Å². The van der Waals surface area contributed by atoms with E-state index in [4.69, 9.17) is 9.47 Å². The summed E-state index contributed by atoms with van der Waals surface area (Å²) in [5.74, 6) is -2.05. The fourth-order valence-electron chi connectivity index (χ4n) is 3.42. The first kappa shape index (κ1) is 27.0. The zero-order chi connectivity index (χ0) is 25.8. The second-order valence-corrected chi connectivity index (χ2v) is 11.3. The highest BCUT2D eigenvalue weighted by Crippen LogP contribution is 2.35. The van der Waals surface area contributed by atoms with Crippen LogP contribution in [-0.2, 0) is 28.7 Å². The highest BCUT2D eigenvalue weighted by Gasteiger charge is 2.54. The molecule has 2 N–H and O–H groups in total. The van der Waals surface area contributed by atoms with Crippen molar-refractivity contribution >= 4 is 52.2 Å². The van der Waals surface area contributed by atoms with Crippen LogP contribution in [-0.4, -0.2) is 79.5 Å². The molecule has 0 radical (unpaired) electrons. The number of ether oxygens (including phenoxy) is 2. The van der Waals surface area contributed by atoms with Crippen LogP contribution in [0.2, 0.25) is 0 Å². The fourth-order valence-corrected chi connectivity index (χ4v) is 5.82. The minimum atomic E-state index is -1.90. The highest BCUT2D eigenvalue weighted by molar-refractivity contribution is 8.15. The van der Waals surface area contributed by atoms with Crippen molar-refractivity contribution in [1.82, 2.24) is 10.2 Å². The third-order valence-corrected chi connectivity index (χ3v) is 7.57. The second-order valence-electron chi connectivity index (χ2n) is 8.98. The number of hydrogen-bond acceptors (Lipinski definition) is 10. The van der Waals surface area contributed by atoms with E-state index in [0.29, 0.717) is 18.6 Å². The Morgan fingerprint density at radius 2 is 1.91 bits per heavy atom. The van der Waals surface area contributed by atoms with Gasteiger partial charge in [0.25, 0.3) is 11.8 Å². The van der Waals surface area contributed by atoms with Gasteiger partial charge in [0.05, 0.1) is 11.0 Å². The van der Waals surface area contributed by atoms with Gasteiger partial charge in [-0.15, -0.1) is 11.8 Å². The lowest BCUT2D eigenvalue weighted by Crippen LogP contribution is -2.73. The molecule has 0 spiro atoms. The Kier molecular flexibility index (Phi) is 8.84. The molecule has 1 aromatic rings. The molecular weight excluding hydrogens is 496 g/mol. The molecule has 12 heteroatoms. The van der Waals surface area contributed by atoms with Gasteiger partial charge >= 0.3 is 5.97 Å². The summed E-state index contributed by atoms with van der Waals surface area (Å²) in [6.45, 7) is 4.52. The van der Waals surface area contributed by atoms with Gasteiger partial charge < -0.3 is 19.9 Å². The monoisotopic (exact) mass is 524 g/mol. The van der Waals surface area contributed by atoms with Crippen LogP contribution in [0.3, 0.4) is 0 Å². The molecule has 0 aromatic heterocycles. The Morgan fingerprint density at radius 1 is 1.23 bits per heavy atom. The number of amides is 2. The maximum absolute atomic E-state index is 12.8. The second kappa shape index (κ2) is 11.4. The molecule has 1 aromatic carbocycles. The van der Waals surface area contributed by atoms with Crippen molar-refractivity contribution in [1.29, 1.82) is 0 Å². The maximum Gasteiger partial charge on any atom is 0.357 e. The van der Waals surface area contributed by atoms with Crippen LogP contribution in [0.4, 0.5) is 0 Å². The van der Waals surface area contributed by atoms with Crippen molar-refractivity contribution in [2.24, 2.45) is 0 Å². The number of carbonyl (C=O) groups excluding carboxylic acids is 5. The van der Waals surface area contributed by atoms with E-state index in [1.165, 1.54) is 0 Å². The van der Waals surface area contributed by atoms with E-state index in [2.05, 4.69) is 5.32 Å². The average molecular weight is 525 g/mol. The third-order valence-electron chi connectivity index (χ3n) is 5.03. The molecule has 0 saturated carbocycles. The van der Waals surface area contributed by atoms with Crippen LogP contribution in [0.5, 0.6) is 5.75 Å². The van der Waals surface area contributed by atoms with Crippen molar-refractivity contribution in [3.8, 4) is 5.75 Å². The van der Waals surface area contributed by atoms with Gasteiger partial charge in [-0.2, -0.15) is 0 Å². The Labute approximate surface area is 211 Å². The number of carbonyl (C=O) groups is 5. The van der Waals surface area contributed by atoms with Crippen molar-refractivity contribution in [3.05, 3.63) is 30.3 Å². The van der Waals surface area contributed by atoms with Crippen molar-refractivity contribution < 1.29 is 38.6 Å². The van der Waals surface area contributed by atoms with Gasteiger partial charge in [0.1, 0.15) is 22.8 Å². The number of ketones is 1. The van der Waals surface area contributed by atoms with Gasteiger partial charge in [-0.05, 0) is 39.3 Å². The Morgan fingerprint density at radius 3 is 2.51 bits per heavy atom. The first-order valence-corrected chi connectivity index (χ1v) is 12.9. The number of likely N-dealkylation sites (tertiary alicyclic amines) is 1. The minimum Gasteiger partial charge on any atom is -0.484 e. The number of β-lactam (4-membered cyclic amide) rings is 1. The van der Waals surface area contributed by atoms with Gasteiger partial charge in [0.15, 0.2) is 17.5 Å². The first-order valence-electron chi connectivity index (χ1n) is 11.0. The van der Waals surface area contributed by atoms with Crippen LogP contribution in [0, 0.1) is 0 Å². The SMILES string of the molecule is CC(C)(C)OC(=O)C(O)N1C(=O)[C@@H](NC(=O)COc2ccccc2)[C@H]1SCC(=O)C1CCC(=O)S1. The first-order chi connectivity index (χ1) is 16.5. The number of para-hydroxylation sites is 1. The van der Waals surface area contributed by atoms with Crippen molar-refractivity contribution in [2.75, 3.05) is 12.4 Å². The van der Waals surface area contributed by atoms with Gasteiger partial charge in [-0.1, -0.05) is 30.0 Å². The van der Waals surface area contributed by atoms with Crippen LogP contribution in [0.1, 0.15) is 33.6 Å². The van der Waals surface area contributed by atoms with E-state index >= 15 is 0 Å². The van der Waals surface area contributed by atoms with E-state index in [1.54, 1.807) is 51.1 Å². The normalized spacial score (nSPS) is 22.9. The molecule has 10 nitrogen and oxygen atoms in total. The molecule has 4 atom stereocenters. The molecule has 2 fully saturated rings. The number of benzene rings is 1. The number of nitrogens with zero attached hydrogens (tertiary/aromatic N) is 1. The summed E-state index contributed by atoms with van der Waals surface area (Å²) in [6, 6.07) is 7.58. The molecule has 190 valence electrons. The largest absolute Gasteiger partial charge is 0.484 e. The average Bonchev–Trinajstić information content (AvgIpc) is 3.24. The van der Waals surface area contributed by atoms with Crippen LogP contribution < -0.4 is 10.1 Å². The molecule has 3 rings (SSSR count). The quantitative estimate of drug-likeness (QED) is 0.338. The number of hydrogen-bond donors (Lipinski definition) is 2. The topological polar surface area (TPSA) is 139 Å². The Bertz CT molecular complexity index is 981. The molecule has 2 amide bonds. The molecule has 2 saturated heterocycles. The summed E-state index contributed by atoms with van der Waals surface area (Å²) in [6.07, 6.45) is -1.12. The van der Waals surface area contributed by atoms with Crippen LogP contribution >= 0.6 is 23.5 Å². The fraction of sp³-hybridized carbons (Fsp3) is 0.522. The number of rotatable bonds is 10.